The van der Waals surface area contributed by atoms with E-state index in [4.69, 9.17) is 16.3 Å². The average Bonchev–Trinajstić information content (AvgIpc) is 3.60. The first kappa shape index (κ1) is 29.0. The molecule has 1 saturated carbocycles. The number of anilines is 1. The highest BCUT2D eigenvalue weighted by atomic mass is 35.5. The third-order valence-electron chi connectivity index (χ3n) is 7.24. The zero-order valence-electron chi connectivity index (χ0n) is 22.7. The molecule has 1 N–H and O–H groups in total. The van der Waals surface area contributed by atoms with Gasteiger partial charge in [0, 0.05) is 18.8 Å². The molecule has 1 aromatic heterocycles. The van der Waals surface area contributed by atoms with E-state index in [1.165, 1.54) is 0 Å². The molecule has 0 unspecified atom stereocenters. The summed E-state index contributed by atoms with van der Waals surface area (Å²) in [7, 11) is 1.80. The number of carbonyl (C=O) groups is 2. The molecule has 1 aliphatic carbocycles. The number of carbonyl (C=O) groups excluding carboxylic acids is 2. The van der Waals surface area contributed by atoms with Crippen LogP contribution in [0.25, 0.3) is 10.9 Å². The van der Waals surface area contributed by atoms with E-state index in [9.17, 15) is 22.8 Å². The summed E-state index contributed by atoms with van der Waals surface area (Å²) >= 11 is 6.41. The van der Waals surface area contributed by atoms with E-state index < -0.39 is 29.5 Å². The topological polar surface area (TPSA) is 60.3 Å². The van der Waals surface area contributed by atoms with E-state index >= 15 is 0 Å². The van der Waals surface area contributed by atoms with E-state index in [1.807, 2.05) is 12.3 Å². The number of nitrogens with one attached hydrogen (secondary N) is 1. The van der Waals surface area contributed by atoms with Crippen molar-refractivity contribution >= 4 is 40.1 Å². The number of ether oxygens (including phenoxy) is 1. The second kappa shape index (κ2) is 10.9. The Morgan fingerprint density at radius 1 is 1.08 bits per heavy atom. The Balaban J connectivity index is 1.64. The lowest BCUT2D eigenvalue weighted by molar-refractivity contribution is -0.178. The predicted molar refractivity (Wildman–Crippen MR) is 147 cm³/mol. The number of fused-ring (bicyclic) bond motifs is 1. The maximum atomic E-state index is 13.9. The van der Waals surface area contributed by atoms with Crippen molar-refractivity contribution in [3.8, 4) is 0 Å². The van der Waals surface area contributed by atoms with Crippen molar-refractivity contribution in [2.45, 2.75) is 70.6 Å². The summed E-state index contributed by atoms with van der Waals surface area (Å²) in [5.74, 6) is -4.42. The van der Waals surface area contributed by atoms with Crippen LogP contribution in [0.1, 0.15) is 69.9 Å². The highest BCUT2D eigenvalue weighted by Crippen LogP contribution is 2.46. The maximum absolute atomic E-state index is 13.9. The lowest BCUT2D eigenvalue weighted by Gasteiger charge is -2.26. The first-order valence-electron chi connectivity index (χ1n) is 13.1. The van der Waals surface area contributed by atoms with Crippen molar-refractivity contribution in [2.75, 3.05) is 5.32 Å². The Morgan fingerprint density at radius 3 is 2.36 bits per heavy atom. The fraction of sp³-hybridized carbons (Fsp3) is 0.467. The molecule has 0 bridgehead atoms. The molecule has 5 nitrogen and oxygen atoms in total. The first-order valence-corrected chi connectivity index (χ1v) is 13.5. The van der Waals surface area contributed by atoms with Crippen LogP contribution in [0, 0.1) is 11.8 Å². The van der Waals surface area contributed by atoms with E-state index in [2.05, 4.69) is 5.32 Å². The number of rotatable bonds is 8. The zero-order chi connectivity index (χ0) is 28.7. The highest BCUT2D eigenvalue weighted by molar-refractivity contribution is 6.33. The van der Waals surface area contributed by atoms with Gasteiger partial charge in [-0.1, -0.05) is 36.7 Å². The summed E-state index contributed by atoms with van der Waals surface area (Å²) in [6, 6.07) is 11.8. The fourth-order valence-corrected chi connectivity index (χ4v) is 5.19. The van der Waals surface area contributed by atoms with Gasteiger partial charge in [0.25, 0.3) is 0 Å². The summed E-state index contributed by atoms with van der Waals surface area (Å²) in [4.78, 5) is 26.1. The van der Waals surface area contributed by atoms with Gasteiger partial charge in [0.1, 0.15) is 5.60 Å². The number of hydrogen-bond donors (Lipinski definition) is 1. The van der Waals surface area contributed by atoms with Crippen LogP contribution in [-0.2, 0) is 21.4 Å². The number of amides is 1. The molecule has 0 spiro atoms. The van der Waals surface area contributed by atoms with Gasteiger partial charge in [-0.25, -0.2) is 0 Å². The Labute approximate surface area is 231 Å². The van der Waals surface area contributed by atoms with Crippen LogP contribution in [0.2, 0.25) is 5.02 Å². The molecule has 1 heterocycles. The van der Waals surface area contributed by atoms with E-state index in [0.717, 1.165) is 36.2 Å². The summed E-state index contributed by atoms with van der Waals surface area (Å²) in [5, 5.41) is 3.74. The molecule has 0 aliphatic heterocycles. The first-order chi connectivity index (χ1) is 18.1. The smallest absolute Gasteiger partial charge is 0.392 e. The Bertz CT molecular complexity index is 1370. The molecular weight excluding hydrogens is 529 g/mol. The van der Waals surface area contributed by atoms with Crippen LogP contribution in [0.5, 0.6) is 0 Å². The lowest BCUT2D eigenvalue weighted by Crippen LogP contribution is -2.34. The van der Waals surface area contributed by atoms with Gasteiger partial charge < -0.3 is 14.6 Å². The molecular formula is C30H34ClF3N2O3. The van der Waals surface area contributed by atoms with Gasteiger partial charge >= 0.3 is 12.1 Å². The third-order valence-corrected chi connectivity index (χ3v) is 7.57. The minimum atomic E-state index is -4.60. The number of esters is 1. The highest BCUT2D eigenvalue weighted by Gasteiger charge is 2.45. The molecule has 0 radical (unpaired) electrons. The summed E-state index contributed by atoms with van der Waals surface area (Å²) in [6.07, 6.45) is -0.687. The van der Waals surface area contributed by atoms with Crippen molar-refractivity contribution in [3.63, 3.8) is 0 Å². The standard InChI is InChI=1S/C30H34ClF3N2O3/c1-17(30(32,33)34)27(21-9-8-19-12-13-36(5)25(19)15-21)28(38)35-24-14-20(10-11-23(24)31)22(18-6-7-18)16-26(37)39-29(2,3)4/h8-15,17-18,22,27H,6-7,16H2,1-5H3,(H,35,38)/t17-,22+,27+/m1/s1. The molecule has 1 fully saturated rings. The second-order valence-corrected chi connectivity index (χ2v) is 11.9. The van der Waals surface area contributed by atoms with Gasteiger partial charge in [-0.15, -0.1) is 0 Å². The Hall–Kier alpha value is -3.00. The number of nitrogens with zero attached hydrogens (tertiary/aromatic N) is 1. The van der Waals surface area contributed by atoms with E-state index in [1.54, 1.807) is 68.8 Å². The number of alkyl halides is 3. The summed E-state index contributed by atoms with van der Waals surface area (Å²) in [6.45, 7) is 6.43. The number of aromatic nitrogens is 1. The van der Waals surface area contributed by atoms with Gasteiger partial charge in [0.15, 0.2) is 0 Å². The largest absolute Gasteiger partial charge is 0.460 e. The molecule has 2 aromatic carbocycles. The number of aryl methyl sites for hydroxylation is 1. The molecule has 3 aromatic rings. The Kier molecular flexibility index (Phi) is 8.08. The minimum absolute atomic E-state index is 0.141. The van der Waals surface area contributed by atoms with Crippen molar-refractivity contribution < 1.29 is 27.5 Å². The van der Waals surface area contributed by atoms with Crippen molar-refractivity contribution in [1.82, 2.24) is 4.57 Å². The average molecular weight is 563 g/mol. The maximum Gasteiger partial charge on any atom is 0.392 e. The zero-order valence-corrected chi connectivity index (χ0v) is 23.5. The van der Waals surface area contributed by atoms with Crippen molar-refractivity contribution in [1.29, 1.82) is 0 Å². The molecule has 1 amide bonds. The lowest BCUT2D eigenvalue weighted by atomic mass is 9.85. The van der Waals surface area contributed by atoms with Crippen molar-refractivity contribution in [3.05, 3.63) is 64.8 Å². The van der Waals surface area contributed by atoms with Crippen LogP contribution in [0.15, 0.2) is 48.7 Å². The third kappa shape index (κ3) is 6.96. The van der Waals surface area contributed by atoms with Gasteiger partial charge in [0.2, 0.25) is 5.91 Å². The molecule has 0 saturated heterocycles. The molecule has 4 rings (SSSR count). The van der Waals surface area contributed by atoms with Gasteiger partial charge in [0.05, 0.1) is 29.0 Å². The van der Waals surface area contributed by atoms with Gasteiger partial charge in [-0.2, -0.15) is 13.2 Å². The quantitative estimate of drug-likeness (QED) is 0.283. The van der Waals surface area contributed by atoms with Crippen molar-refractivity contribution in [2.24, 2.45) is 18.9 Å². The predicted octanol–water partition coefficient (Wildman–Crippen LogP) is 7.98. The molecule has 9 heteroatoms. The van der Waals surface area contributed by atoms with Crippen LogP contribution in [0.4, 0.5) is 18.9 Å². The second-order valence-electron chi connectivity index (χ2n) is 11.5. The van der Waals surface area contributed by atoms with Crippen LogP contribution >= 0.6 is 11.6 Å². The van der Waals surface area contributed by atoms with Crippen LogP contribution in [-0.4, -0.2) is 28.2 Å². The SMILES string of the molecule is C[C@H]([C@H](C(=O)Nc1cc([C@@H](CC(=O)OC(C)(C)C)C2CC2)ccc1Cl)c1ccc2ccn(C)c2c1)C(F)(F)F. The molecule has 3 atom stereocenters. The van der Waals surface area contributed by atoms with Crippen LogP contribution in [0.3, 0.4) is 0 Å². The van der Waals surface area contributed by atoms with E-state index in [-0.39, 0.29) is 40.5 Å². The van der Waals surface area contributed by atoms with Gasteiger partial charge in [-0.05, 0) is 86.2 Å². The van der Waals surface area contributed by atoms with Gasteiger partial charge in [-0.3, -0.25) is 9.59 Å². The summed E-state index contributed by atoms with van der Waals surface area (Å²) in [5.41, 5.74) is 1.38. The normalized spacial score (nSPS) is 16.5. The Morgan fingerprint density at radius 2 is 1.74 bits per heavy atom. The number of halogens is 4. The fourth-order valence-electron chi connectivity index (χ4n) is 5.03. The van der Waals surface area contributed by atoms with Crippen LogP contribution < -0.4 is 5.32 Å². The molecule has 1 aliphatic rings. The van der Waals surface area contributed by atoms with E-state index in [0.29, 0.717) is 0 Å². The number of hydrogen-bond acceptors (Lipinski definition) is 3. The monoisotopic (exact) mass is 562 g/mol. The summed E-state index contributed by atoms with van der Waals surface area (Å²) < 4.78 is 49.2. The molecule has 210 valence electrons. The molecule has 39 heavy (non-hydrogen) atoms. The minimum Gasteiger partial charge on any atom is -0.460 e. The number of benzene rings is 2.